The summed E-state index contributed by atoms with van der Waals surface area (Å²) >= 11 is 0. The SMILES string of the molecule is CCCCc1ccc(CNS(=O)(=O)c2c(C)n[nH]c2C)cc1. The normalized spacial score (nSPS) is 11.8. The van der Waals surface area contributed by atoms with Crippen molar-refractivity contribution >= 4 is 10.0 Å². The summed E-state index contributed by atoms with van der Waals surface area (Å²) in [6, 6.07) is 8.08. The number of rotatable bonds is 7. The number of benzene rings is 1. The van der Waals surface area contributed by atoms with E-state index in [2.05, 4.69) is 34.0 Å². The molecule has 0 aliphatic carbocycles. The van der Waals surface area contributed by atoms with Gasteiger partial charge in [0, 0.05) is 6.54 Å². The largest absolute Gasteiger partial charge is 0.281 e. The first-order valence-corrected chi connectivity index (χ1v) is 9.01. The summed E-state index contributed by atoms with van der Waals surface area (Å²) < 4.78 is 27.3. The van der Waals surface area contributed by atoms with Gasteiger partial charge in [-0.15, -0.1) is 0 Å². The van der Waals surface area contributed by atoms with E-state index in [1.165, 1.54) is 18.4 Å². The van der Waals surface area contributed by atoms with Crippen molar-refractivity contribution in [1.29, 1.82) is 0 Å². The maximum absolute atomic E-state index is 12.3. The Morgan fingerprint density at radius 1 is 1.14 bits per heavy atom. The molecule has 2 rings (SSSR count). The van der Waals surface area contributed by atoms with Gasteiger partial charge in [-0.05, 0) is 37.8 Å². The topological polar surface area (TPSA) is 74.8 Å². The molecule has 0 fully saturated rings. The standard InChI is InChI=1S/C16H23N3O2S/c1-4-5-6-14-7-9-15(10-8-14)11-17-22(20,21)16-12(2)18-19-13(16)3/h7-10,17H,4-6,11H2,1-3H3,(H,18,19). The molecule has 0 saturated carbocycles. The molecule has 0 atom stereocenters. The molecule has 1 heterocycles. The van der Waals surface area contributed by atoms with Crippen molar-refractivity contribution in [3.63, 3.8) is 0 Å². The molecular formula is C16H23N3O2S. The second-order valence-electron chi connectivity index (χ2n) is 5.51. The van der Waals surface area contributed by atoms with Gasteiger partial charge in [-0.3, -0.25) is 5.10 Å². The summed E-state index contributed by atoms with van der Waals surface area (Å²) in [7, 11) is -3.54. The molecule has 120 valence electrons. The van der Waals surface area contributed by atoms with Crippen LogP contribution < -0.4 is 4.72 Å². The maximum atomic E-state index is 12.3. The first kappa shape index (κ1) is 16.7. The highest BCUT2D eigenvalue weighted by Gasteiger charge is 2.21. The zero-order valence-electron chi connectivity index (χ0n) is 13.3. The Morgan fingerprint density at radius 2 is 1.77 bits per heavy atom. The molecule has 0 spiro atoms. The van der Waals surface area contributed by atoms with Gasteiger partial charge in [0.05, 0.1) is 11.4 Å². The predicted octanol–water partition coefficient (Wildman–Crippen LogP) is 2.85. The Morgan fingerprint density at radius 3 is 2.32 bits per heavy atom. The van der Waals surface area contributed by atoms with E-state index < -0.39 is 10.0 Å². The third-order valence-corrected chi connectivity index (χ3v) is 5.30. The number of hydrogen-bond donors (Lipinski definition) is 2. The van der Waals surface area contributed by atoms with Crippen molar-refractivity contribution in [1.82, 2.24) is 14.9 Å². The number of aromatic nitrogens is 2. The van der Waals surface area contributed by atoms with Gasteiger partial charge in [0.2, 0.25) is 10.0 Å². The van der Waals surface area contributed by atoms with Crippen molar-refractivity contribution in [2.24, 2.45) is 0 Å². The quantitative estimate of drug-likeness (QED) is 0.823. The lowest BCUT2D eigenvalue weighted by Gasteiger charge is -2.08. The molecule has 2 aromatic rings. The van der Waals surface area contributed by atoms with Crippen molar-refractivity contribution < 1.29 is 8.42 Å². The van der Waals surface area contributed by atoms with Gasteiger partial charge in [0.1, 0.15) is 4.90 Å². The monoisotopic (exact) mass is 321 g/mol. The van der Waals surface area contributed by atoms with Gasteiger partial charge in [-0.1, -0.05) is 37.6 Å². The highest BCUT2D eigenvalue weighted by Crippen LogP contribution is 2.17. The fraction of sp³-hybridized carbons (Fsp3) is 0.438. The van der Waals surface area contributed by atoms with Gasteiger partial charge < -0.3 is 0 Å². The van der Waals surface area contributed by atoms with Gasteiger partial charge >= 0.3 is 0 Å². The third kappa shape index (κ3) is 3.96. The molecular weight excluding hydrogens is 298 g/mol. The first-order chi connectivity index (χ1) is 10.4. The van der Waals surface area contributed by atoms with E-state index in [0.717, 1.165) is 12.0 Å². The highest BCUT2D eigenvalue weighted by molar-refractivity contribution is 7.89. The van der Waals surface area contributed by atoms with Crippen LogP contribution >= 0.6 is 0 Å². The van der Waals surface area contributed by atoms with Gasteiger partial charge in [-0.25, -0.2) is 13.1 Å². The number of unbranched alkanes of at least 4 members (excludes halogenated alkanes) is 1. The van der Waals surface area contributed by atoms with Crippen molar-refractivity contribution in [2.75, 3.05) is 0 Å². The number of aromatic amines is 1. The number of aryl methyl sites for hydroxylation is 3. The molecule has 0 amide bonds. The molecule has 1 aromatic carbocycles. The van der Waals surface area contributed by atoms with Crippen LogP contribution in [-0.2, 0) is 23.0 Å². The van der Waals surface area contributed by atoms with Crippen molar-refractivity contribution in [3.8, 4) is 0 Å². The van der Waals surface area contributed by atoms with Crippen LogP contribution in [0.3, 0.4) is 0 Å². The lowest BCUT2D eigenvalue weighted by atomic mass is 10.1. The highest BCUT2D eigenvalue weighted by atomic mass is 32.2. The van der Waals surface area contributed by atoms with Crippen LogP contribution in [0.25, 0.3) is 0 Å². The molecule has 0 aliphatic heterocycles. The molecule has 5 nitrogen and oxygen atoms in total. The Bertz CT molecular complexity index is 699. The van der Waals surface area contributed by atoms with Gasteiger partial charge in [-0.2, -0.15) is 5.10 Å². The van der Waals surface area contributed by atoms with Crippen LogP contribution in [0.4, 0.5) is 0 Å². The van der Waals surface area contributed by atoms with Crippen LogP contribution in [-0.4, -0.2) is 18.6 Å². The molecule has 6 heteroatoms. The predicted molar refractivity (Wildman–Crippen MR) is 87.1 cm³/mol. The minimum atomic E-state index is -3.54. The average Bonchev–Trinajstić information content (AvgIpc) is 2.84. The zero-order valence-corrected chi connectivity index (χ0v) is 14.1. The molecule has 0 radical (unpaired) electrons. The molecule has 22 heavy (non-hydrogen) atoms. The van der Waals surface area contributed by atoms with Gasteiger partial charge in [0.25, 0.3) is 0 Å². The Labute approximate surface area is 132 Å². The van der Waals surface area contributed by atoms with Crippen LogP contribution in [0.15, 0.2) is 29.2 Å². The summed E-state index contributed by atoms with van der Waals surface area (Å²) in [6.07, 6.45) is 3.41. The summed E-state index contributed by atoms with van der Waals surface area (Å²) in [4.78, 5) is 0.243. The second kappa shape index (κ2) is 7.07. The molecule has 2 N–H and O–H groups in total. The summed E-state index contributed by atoms with van der Waals surface area (Å²) in [6.45, 7) is 5.83. The number of H-pyrrole nitrogens is 1. The van der Waals surface area contributed by atoms with Crippen LogP contribution in [0.2, 0.25) is 0 Å². The summed E-state index contributed by atoms with van der Waals surface area (Å²) in [5.74, 6) is 0. The summed E-state index contributed by atoms with van der Waals surface area (Å²) in [5.41, 5.74) is 3.28. The Hall–Kier alpha value is -1.66. The van der Waals surface area contributed by atoms with Crippen LogP contribution in [0, 0.1) is 13.8 Å². The van der Waals surface area contributed by atoms with Gasteiger partial charge in [0.15, 0.2) is 0 Å². The van der Waals surface area contributed by atoms with E-state index in [9.17, 15) is 8.42 Å². The number of sulfonamides is 1. The smallest absolute Gasteiger partial charge is 0.244 e. The van der Waals surface area contributed by atoms with Crippen LogP contribution in [0.1, 0.15) is 42.3 Å². The fourth-order valence-corrected chi connectivity index (χ4v) is 3.78. The molecule has 0 unspecified atom stereocenters. The van der Waals surface area contributed by atoms with Crippen molar-refractivity contribution in [3.05, 3.63) is 46.8 Å². The maximum Gasteiger partial charge on any atom is 0.244 e. The number of nitrogens with zero attached hydrogens (tertiary/aromatic N) is 1. The third-order valence-electron chi connectivity index (χ3n) is 3.64. The zero-order chi connectivity index (χ0) is 16.2. The van der Waals surface area contributed by atoms with E-state index >= 15 is 0 Å². The number of nitrogens with one attached hydrogen (secondary N) is 2. The molecule has 0 aliphatic rings. The Balaban J connectivity index is 2.03. The lowest BCUT2D eigenvalue weighted by molar-refractivity contribution is 0.580. The van der Waals surface area contributed by atoms with E-state index in [4.69, 9.17) is 0 Å². The molecule has 1 aromatic heterocycles. The second-order valence-corrected chi connectivity index (χ2v) is 7.21. The first-order valence-electron chi connectivity index (χ1n) is 7.53. The summed E-state index contributed by atoms with van der Waals surface area (Å²) in [5, 5.41) is 6.63. The lowest BCUT2D eigenvalue weighted by Crippen LogP contribution is -2.24. The van der Waals surface area contributed by atoms with E-state index in [0.29, 0.717) is 11.4 Å². The van der Waals surface area contributed by atoms with E-state index in [1.807, 2.05) is 12.1 Å². The van der Waals surface area contributed by atoms with E-state index in [-0.39, 0.29) is 11.4 Å². The molecule has 0 saturated heterocycles. The van der Waals surface area contributed by atoms with Crippen LogP contribution in [0.5, 0.6) is 0 Å². The molecule has 0 bridgehead atoms. The minimum absolute atomic E-state index is 0.243. The van der Waals surface area contributed by atoms with E-state index in [1.54, 1.807) is 13.8 Å². The fourth-order valence-electron chi connectivity index (χ4n) is 2.39. The Kier molecular flexibility index (Phi) is 5.37. The number of hydrogen-bond acceptors (Lipinski definition) is 3. The van der Waals surface area contributed by atoms with Crippen molar-refractivity contribution in [2.45, 2.75) is 51.5 Å². The minimum Gasteiger partial charge on any atom is -0.281 e. The average molecular weight is 321 g/mol.